The van der Waals surface area contributed by atoms with Gasteiger partial charge in [0.05, 0.1) is 5.70 Å². The molecule has 40 heavy (non-hydrogen) atoms. The second-order valence-electron chi connectivity index (χ2n) is 9.67. The molecule has 0 bridgehead atoms. The fraction of sp³-hybridized carbons (Fsp3) is 0.0606. The lowest BCUT2D eigenvalue weighted by molar-refractivity contribution is -0.121. The Morgan fingerprint density at radius 2 is 1.57 bits per heavy atom. The molecule has 7 rings (SSSR count). The molecule has 2 aromatic heterocycles. The van der Waals surface area contributed by atoms with Gasteiger partial charge in [-0.25, -0.2) is 9.98 Å². The van der Waals surface area contributed by atoms with Gasteiger partial charge in [0, 0.05) is 23.8 Å². The first kappa shape index (κ1) is 23.7. The second-order valence-corrected chi connectivity index (χ2v) is 9.67. The lowest BCUT2D eigenvalue weighted by Crippen LogP contribution is -2.26. The van der Waals surface area contributed by atoms with Crippen molar-refractivity contribution in [2.24, 2.45) is 4.99 Å². The number of imidazole rings is 1. The summed E-state index contributed by atoms with van der Waals surface area (Å²) in [7, 11) is 0. The molecule has 0 radical (unpaired) electrons. The van der Waals surface area contributed by atoms with Gasteiger partial charge >= 0.3 is 0 Å². The number of para-hydroxylation sites is 2. The molecule has 1 aliphatic carbocycles. The second kappa shape index (κ2) is 9.71. The van der Waals surface area contributed by atoms with Crippen LogP contribution in [0.25, 0.3) is 11.7 Å². The zero-order valence-corrected chi connectivity index (χ0v) is 21.6. The number of carbonyl (C=O) groups is 1. The Labute approximate surface area is 231 Å². The molecular formula is C33H25N5O2. The summed E-state index contributed by atoms with van der Waals surface area (Å²) in [6.07, 6.45) is 14.4. The van der Waals surface area contributed by atoms with E-state index in [-0.39, 0.29) is 11.8 Å². The number of hydrogen-bond donors (Lipinski definition) is 1. The minimum absolute atomic E-state index is 0.0908. The van der Waals surface area contributed by atoms with Crippen molar-refractivity contribution in [3.63, 3.8) is 0 Å². The summed E-state index contributed by atoms with van der Waals surface area (Å²) in [5.41, 5.74) is 6.49. The third-order valence-electron chi connectivity index (χ3n) is 7.19. The van der Waals surface area contributed by atoms with E-state index in [1.54, 1.807) is 21.7 Å². The molecule has 0 fully saturated rings. The molecule has 7 heteroatoms. The maximum absolute atomic E-state index is 13.2. The highest BCUT2D eigenvalue weighted by Crippen LogP contribution is 2.43. The number of rotatable bonds is 5. The molecule has 4 heterocycles. The van der Waals surface area contributed by atoms with Gasteiger partial charge in [0.1, 0.15) is 22.9 Å². The third kappa shape index (κ3) is 4.05. The summed E-state index contributed by atoms with van der Waals surface area (Å²) in [6.45, 7) is 0. The number of allylic oxidation sites excluding steroid dienone is 5. The van der Waals surface area contributed by atoms with E-state index in [0.717, 1.165) is 28.2 Å². The quantitative estimate of drug-likeness (QED) is 0.302. The molecule has 0 unspecified atom stereocenters. The van der Waals surface area contributed by atoms with Crippen LogP contribution in [-0.2, 0) is 4.79 Å². The number of nitrogens with zero attached hydrogens (tertiary/aromatic N) is 5. The van der Waals surface area contributed by atoms with E-state index in [2.05, 4.69) is 39.1 Å². The molecule has 1 amide bonds. The van der Waals surface area contributed by atoms with Crippen molar-refractivity contribution in [3.8, 4) is 5.88 Å². The van der Waals surface area contributed by atoms with Crippen molar-refractivity contribution >= 4 is 34.8 Å². The van der Waals surface area contributed by atoms with Crippen LogP contribution in [0.2, 0.25) is 0 Å². The molecule has 194 valence electrons. The molecule has 7 nitrogen and oxygen atoms in total. The minimum Gasteiger partial charge on any atom is -0.493 e. The fourth-order valence-electron chi connectivity index (χ4n) is 5.36. The first-order valence-corrected chi connectivity index (χ1v) is 13.2. The van der Waals surface area contributed by atoms with Gasteiger partial charge in [0.25, 0.3) is 5.91 Å². The van der Waals surface area contributed by atoms with Gasteiger partial charge in [-0.2, -0.15) is 0 Å². The van der Waals surface area contributed by atoms with Crippen LogP contribution in [0, 0.1) is 0 Å². The van der Waals surface area contributed by atoms with Crippen LogP contribution in [-0.4, -0.2) is 31.1 Å². The lowest BCUT2D eigenvalue weighted by Gasteiger charge is -2.28. The Balaban J connectivity index is 1.44. The van der Waals surface area contributed by atoms with E-state index in [4.69, 9.17) is 0 Å². The Kier molecular flexibility index (Phi) is 5.74. The van der Waals surface area contributed by atoms with E-state index in [0.29, 0.717) is 35.7 Å². The number of anilines is 2. The predicted molar refractivity (Wildman–Crippen MR) is 157 cm³/mol. The number of carbonyl (C=O) groups excluding carboxylic acids is 1. The van der Waals surface area contributed by atoms with Gasteiger partial charge in [-0.15, -0.1) is 0 Å². The topological polar surface area (TPSA) is 73.4 Å². The molecule has 0 saturated heterocycles. The number of pyridine rings is 1. The number of aromatic hydroxyl groups is 1. The minimum atomic E-state index is -0.149. The van der Waals surface area contributed by atoms with E-state index in [1.165, 1.54) is 0 Å². The third-order valence-corrected chi connectivity index (χ3v) is 7.19. The highest BCUT2D eigenvalue weighted by Gasteiger charge is 2.31. The van der Waals surface area contributed by atoms with Gasteiger partial charge in [-0.05, 0) is 84.7 Å². The summed E-state index contributed by atoms with van der Waals surface area (Å²) < 4.78 is 1.67. The Hall–Kier alpha value is -5.43. The molecule has 2 aliphatic heterocycles. The summed E-state index contributed by atoms with van der Waals surface area (Å²) in [4.78, 5) is 26.3. The van der Waals surface area contributed by atoms with Crippen LogP contribution in [0.3, 0.4) is 0 Å². The Bertz CT molecular complexity index is 1780. The van der Waals surface area contributed by atoms with E-state index < -0.39 is 0 Å². The largest absolute Gasteiger partial charge is 0.493 e. The van der Waals surface area contributed by atoms with Crippen molar-refractivity contribution in [3.05, 3.63) is 144 Å². The van der Waals surface area contributed by atoms with Gasteiger partial charge in [-0.3, -0.25) is 14.1 Å². The van der Waals surface area contributed by atoms with Crippen LogP contribution < -0.4 is 4.90 Å². The molecule has 0 atom stereocenters. The molecular weight excluding hydrogens is 498 g/mol. The molecule has 4 aromatic rings. The Morgan fingerprint density at radius 3 is 2.27 bits per heavy atom. The number of amides is 1. The zero-order chi connectivity index (χ0) is 27.1. The van der Waals surface area contributed by atoms with Crippen molar-refractivity contribution in [1.29, 1.82) is 0 Å². The molecule has 1 N–H and O–H groups in total. The van der Waals surface area contributed by atoms with Gasteiger partial charge < -0.3 is 10.0 Å². The summed E-state index contributed by atoms with van der Waals surface area (Å²) >= 11 is 0. The van der Waals surface area contributed by atoms with Gasteiger partial charge in [-0.1, -0.05) is 48.5 Å². The normalized spacial score (nSPS) is 18.4. The Morgan fingerprint density at radius 1 is 0.850 bits per heavy atom. The molecule has 3 aliphatic rings. The predicted octanol–water partition coefficient (Wildman–Crippen LogP) is 6.52. The van der Waals surface area contributed by atoms with Gasteiger partial charge in [0.2, 0.25) is 5.88 Å². The first-order chi connectivity index (χ1) is 19.7. The monoisotopic (exact) mass is 523 g/mol. The molecule has 0 saturated carbocycles. The standard InChI is InChI=1S/C33H25N5O2/c39-32-27(34-29-15-7-9-19-36(29)32)21-23-17-18-24(22-28-33(40)37-20-10-8-16-30(37)35-28)31(23)38(25-11-3-1-4-12-25)26-13-5-2-6-14-26/h1-16,19-22,39H,17-18H2/b23-21+,28-22-. The lowest BCUT2D eigenvalue weighted by atomic mass is 10.1. The maximum atomic E-state index is 13.2. The number of aromatic nitrogens is 2. The van der Waals surface area contributed by atoms with Gasteiger partial charge in [0.15, 0.2) is 0 Å². The van der Waals surface area contributed by atoms with E-state index in [9.17, 15) is 9.90 Å². The van der Waals surface area contributed by atoms with Crippen molar-refractivity contribution < 1.29 is 9.90 Å². The number of aliphatic imine (C=N–C) groups is 1. The summed E-state index contributed by atoms with van der Waals surface area (Å²) in [5.74, 6) is 0.559. The number of amidine groups is 1. The molecule has 0 spiro atoms. The number of hydrogen-bond acceptors (Lipinski definition) is 5. The summed E-state index contributed by atoms with van der Waals surface area (Å²) in [5, 5.41) is 11.0. The van der Waals surface area contributed by atoms with E-state index in [1.807, 2.05) is 85.0 Å². The molecule has 2 aromatic carbocycles. The van der Waals surface area contributed by atoms with Crippen molar-refractivity contribution in [2.75, 3.05) is 4.90 Å². The number of benzene rings is 2. The first-order valence-electron chi connectivity index (χ1n) is 13.2. The highest BCUT2D eigenvalue weighted by molar-refractivity contribution is 6.17. The zero-order valence-electron chi connectivity index (χ0n) is 21.6. The van der Waals surface area contributed by atoms with Crippen LogP contribution in [0.4, 0.5) is 11.4 Å². The van der Waals surface area contributed by atoms with E-state index >= 15 is 0 Å². The van der Waals surface area contributed by atoms with Crippen LogP contribution >= 0.6 is 0 Å². The van der Waals surface area contributed by atoms with Crippen LogP contribution in [0.15, 0.2) is 143 Å². The average Bonchev–Trinajstić information content (AvgIpc) is 3.64. The number of fused-ring (bicyclic) bond motifs is 2. The average molecular weight is 524 g/mol. The maximum Gasteiger partial charge on any atom is 0.282 e. The summed E-state index contributed by atoms with van der Waals surface area (Å²) in [6, 6.07) is 25.9. The SMILES string of the molecule is O=C1/C(=C/C2=C(N(c3ccccc3)c3ccccc3)C(=C/c3nc4ccccn4c3O)/CC2)N=C2C=CC=CN12. The van der Waals surface area contributed by atoms with Crippen molar-refractivity contribution in [1.82, 2.24) is 14.3 Å². The van der Waals surface area contributed by atoms with Crippen LogP contribution in [0.5, 0.6) is 5.88 Å². The highest BCUT2D eigenvalue weighted by atomic mass is 16.3. The fourth-order valence-corrected chi connectivity index (χ4v) is 5.36. The van der Waals surface area contributed by atoms with Crippen LogP contribution in [0.1, 0.15) is 18.5 Å². The van der Waals surface area contributed by atoms with Crippen molar-refractivity contribution in [2.45, 2.75) is 12.8 Å². The smallest absolute Gasteiger partial charge is 0.282 e.